The summed E-state index contributed by atoms with van der Waals surface area (Å²) in [6.07, 6.45) is 0.954. The van der Waals surface area contributed by atoms with Gasteiger partial charge in [0.25, 0.3) is 5.69 Å². The van der Waals surface area contributed by atoms with Crippen LogP contribution in [0.3, 0.4) is 0 Å². The summed E-state index contributed by atoms with van der Waals surface area (Å²) in [5.41, 5.74) is 3.13. The second-order valence-electron chi connectivity index (χ2n) is 8.20. The first-order valence-corrected chi connectivity index (χ1v) is 11.1. The van der Waals surface area contributed by atoms with Crippen molar-refractivity contribution < 1.29 is 14.5 Å². The zero-order valence-corrected chi connectivity index (χ0v) is 18.3. The number of amides is 1. The van der Waals surface area contributed by atoms with Gasteiger partial charge in [0.2, 0.25) is 0 Å². The molecule has 33 heavy (non-hydrogen) atoms. The molecule has 1 heterocycles. The summed E-state index contributed by atoms with van der Waals surface area (Å²) in [6, 6.07) is 26.1. The minimum absolute atomic E-state index is 0.0983. The minimum Gasteiger partial charge on any atom is -0.446 e. The highest BCUT2D eigenvalue weighted by Gasteiger charge is 2.24. The molecule has 7 heteroatoms. The number of nitrogens with one attached hydrogen (secondary N) is 1. The predicted molar refractivity (Wildman–Crippen MR) is 126 cm³/mol. The van der Waals surface area contributed by atoms with Gasteiger partial charge in [0.1, 0.15) is 6.10 Å². The second-order valence-corrected chi connectivity index (χ2v) is 8.20. The maximum Gasteiger partial charge on any atom is 0.408 e. The van der Waals surface area contributed by atoms with E-state index in [1.807, 2.05) is 60.7 Å². The van der Waals surface area contributed by atoms with E-state index in [-0.39, 0.29) is 17.8 Å². The van der Waals surface area contributed by atoms with Crippen molar-refractivity contribution in [1.29, 1.82) is 0 Å². The molecule has 0 unspecified atom stereocenters. The lowest BCUT2D eigenvalue weighted by Crippen LogP contribution is -2.40. The number of carbonyl (C=O) groups is 1. The molecule has 0 radical (unpaired) electrons. The van der Waals surface area contributed by atoms with Crippen LogP contribution in [0.1, 0.15) is 35.6 Å². The Morgan fingerprint density at radius 1 is 0.939 bits per heavy atom. The Morgan fingerprint density at radius 2 is 1.48 bits per heavy atom. The summed E-state index contributed by atoms with van der Waals surface area (Å²) in [4.78, 5) is 25.4. The van der Waals surface area contributed by atoms with Crippen molar-refractivity contribution in [1.82, 2.24) is 10.2 Å². The van der Waals surface area contributed by atoms with Gasteiger partial charge in [-0.2, -0.15) is 0 Å². The van der Waals surface area contributed by atoms with E-state index in [4.69, 9.17) is 4.74 Å². The van der Waals surface area contributed by atoms with E-state index in [9.17, 15) is 14.9 Å². The van der Waals surface area contributed by atoms with Crippen LogP contribution in [0.4, 0.5) is 10.5 Å². The first-order valence-electron chi connectivity index (χ1n) is 11.1. The fourth-order valence-corrected chi connectivity index (χ4v) is 4.12. The molecule has 0 saturated carbocycles. The summed E-state index contributed by atoms with van der Waals surface area (Å²) in [5.74, 6) is 0. The van der Waals surface area contributed by atoms with Gasteiger partial charge in [0.05, 0.1) is 11.0 Å². The molecule has 0 bridgehead atoms. The number of nitrogens with zero attached hydrogens (tertiary/aromatic N) is 2. The van der Waals surface area contributed by atoms with Crippen LogP contribution < -0.4 is 5.32 Å². The third-order valence-electron chi connectivity index (χ3n) is 5.89. The molecule has 0 spiro atoms. The van der Waals surface area contributed by atoms with Gasteiger partial charge in [-0.3, -0.25) is 15.0 Å². The van der Waals surface area contributed by atoms with Crippen LogP contribution in [0.15, 0.2) is 84.9 Å². The van der Waals surface area contributed by atoms with Gasteiger partial charge in [0, 0.05) is 31.8 Å². The van der Waals surface area contributed by atoms with E-state index in [1.54, 1.807) is 12.1 Å². The van der Waals surface area contributed by atoms with Crippen molar-refractivity contribution in [3.8, 4) is 0 Å². The van der Waals surface area contributed by atoms with E-state index in [0.717, 1.165) is 49.2 Å². The molecule has 1 aliphatic rings. The third kappa shape index (κ3) is 6.17. The van der Waals surface area contributed by atoms with Gasteiger partial charge in [-0.1, -0.05) is 72.8 Å². The number of nitro benzene ring substituents is 1. The standard InChI is InChI=1S/C26H27N3O4/c30-26(27-25(21-7-3-1-4-8-21)22-9-5-2-6-10-22)33-24-15-17-28(18-16-24)19-20-11-13-23(14-12-20)29(31)32/h1-14,24-25H,15-19H2,(H,27,30). The number of carbonyl (C=O) groups excluding carboxylic acids is 1. The summed E-state index contributed by atoms with van der Waals surface area (Å²) in [7, 11) is 0. The van der Waals surface area contributed by atoms with Crippen LogP contribution in [0.5, 0.6) is 0 Å². The van der Waals surface area contributed by atoms with Crippen molar-refractivity contribution in [2.24, 2.45) is 0 Å². The lowest BCUT2D eigenvalue weighted by molar-refractivity contribution is -0.384. The maximum atomic E-state index is 12.7. The highest BCUT2D eigenvalue weighted by atomic mass is 16.6. The van der Waals surface area contributed by atoms with Crippen molar-refractivity contribution >= 4 is 11.8 Å². The Bertz CT molecular complexity index is 1010. The Hall–Kier alpha value is -3.71. The summed E-state index contributed by atoms with van der Waals surface area (Å²) < 4.78 is 5.75. The number of hydrogen-bond donors (Lipinski definition) is 1. The largest absolute Gasteiger partial charge is 0.446 e. The van der Waals surface area contributed by atoms with Crippen molar-refractivity contribution in [3.63, 3.8) is 0 Å². The highest BCUT2D eigenvalue weighted by Crippen LogP contribution is 2.23. The number of benzene rings is 3. The van der Waals surface area contributed by atoms with Crippen LogP contribution in [0.2, 0.25) is 0 Å². The molecule has 1 aliphatic heterocycles. The molecule has 170 valence electrons. The fraction of sp³-hybridized carbons (Fsp3) is 0.269. The maximum absolute atomic E-state index is 12.7. The first kappa shape index (κ1) is 22.5. The van der Waals surface area contributed by atoms with Crippen molar-refractivity contribution in [2.45, 2.75) is 31.5 Å². The number of ether oxygens (including phenoxy) is 1. The van der Waals surface area contributed by atoms with Gasteiger partial charge in [-0.05, 0) is 29.5 Å². The lowest BCUT2D eigenvalue weighted by Gasteiger charge is -2.32. The topological polar surface area (TPSA) is 84.7 Å². The van der Waals surface area contributed by atoms with E-state index < -0.39 is 11.0 Å². The Balaban J connectivity index is 1.29. The second kappa shape index (κ2) is 10.7. The Kier molecular flexibility index (Phi) is 7.32. The van der Waals surface area contributed by atoms with Gasteiger partial charge in [0.15, 0.2) is 0 Å². The normalized spacial score (nSPS) is 14.7. The number of piperidine rings is 1. The zero-order valence-electron chi connectivity index (χ0n) is 18.3. The van der Waals surface area contributed by atoms with Crippen molar-refractivity contribution in [2.75, 3.05) is 13.1 Å². The first-order chi connectivity index (χ1) is 16.1. The number of nitro groups is 1. The molecule has 0 aromatic heterocycles. The quantitative estimate of drug-likeness (QED) is 0.405. The summed E-state index contributed by atoms with van der Waals surface area (Å²) in [5, 5.41) is 13.8. The fourth-order valence-electron chi connectivity index (χ4n) is 4.12. The number of rotatable bonds is 7. The minimum atomic E-state index is -0.415. The summed E-state index contributed by atoms with van der Waals surface area (Å²) in [6.45, 7) is 2.33. The number of alkyl carbamates (subject to hydrolysis) is 1. The smallest absolute Gasteiger partial charge is 0.408 e. The van der Waals surface area contributed by atoms with Crippen LogP contribution in [0.25, 0.3) is 0 Å². The number of hydrogen-bond acceptors (Lipinski definition) is 5. The van der Waals surface area contributed by atoms with Crippen molar-refractivity contribution in [3.05, 3.63) is 112 Å². The SMILES string of the molecule is O=C(NC(c1ccccc1)c1ccccc1)OC1CCN(Cc2ccc([N+](=O)[O-])cc2)CC1. The predicted octanol–water partition coefficient (Wildman–Crippen LogP) is 5.08. The molecular weight excluding hydrogens is 418 g/mol. The molecule has 1 amide bonds. The average Bonchev–Trinajstić information content (AvgIpc) is 2.85. The summed E-state index contributed by atoms with van der Waals surface area (Å²) >= 11 is 0. The molecule has 3 aromatic carbocycles. The molecule has 3 aromatic rings. The van der Waals surface area contributed by atoms with Gasteiger partial charge >= 0.3 is 6.09 Å². The highest BCUT2D eigenvalue weighted by molar-refractivity contribution is 5.69. The van der Waals surface area contributed by atoms with E-state index in [0.29, 0.717) is 0 Å². The third-order valence-corrected chi connectivity index (χ3v) is 5.89. The van der Waals surface area contributed by atoms with Crippen LogP contribution in [-0.2, 0) is 11.3 Å². The van der Waals surface area contributed by atoms with Gasteiger partial charge in [-0.25, -0.2) is 4.79 Å². The molecule has 1 fully saturated rings. The Labute approximate surface area is 193 Å². The van der Waals surface area contributed by atoms with Crippen LogP contribution >= 0.6 is 0 Å². The molecule has 4 rings (SSSR count). The van der Waals surface area contributed by atoms with Crippen LogP contribution in [0, 0.1) is 10.1 Å². The molecule has 1 saturated heterocycles. The molecular formula is C26H27N3O4. The van der Waals surface area contributed by atoms with E-state index >= 15 is 0 Å². The van der Waals surface area contributed by atoms with E-state index in [1.165, 1.54) is 12.1 Å². The molecule has 0 atom stereocenters. The van der Waals surface area contributed by atoms with E-state index in [2.05, 4.69) is 10.2 Å². The number of likely N-dealkylation sites (tertiary alicyclic amines) is 1. The van der Waals surface area contributed by atoms with Gasteiger partial charge in [-0.15, -0.1) is 0 Å². The van der Waals surface area contributed by atoms with Crippen LogP contribution in [-0.4, -0.2) is 35.1 Å². The lowest BCUT2D eigenvalue weighted by atomic mass is 9.99. The number of non-ortho nitro benzene ring substituents is 1. The molecule has 0 aliphatic carbocycles. The van der Waals surface area contributed by atoms with Gasteiger partial charge < -0.3 is 10.1 Å². The monoisotopic (exact) mass is 445 g/mol. The average molecular weight is 446 g/mol. The zero-order chi connectivity index (χ0) is 23.0. The Morgan fingerprint density at radius 3 is 2.00 bits per heavy atom. The molecule has 1 N–H and O–H groups in total. The molecule has 7 nitrogen and oxygen atoms in total.